The Morgan fingerprint density at radius 1 is 1.24 bits per heavy atom. The van der Waals surface area contributed by atoms with E-state index < -0.39 is 5.60 Å². The average molecular weight is 287 g/mol. The van der Waals surface area contributed by atoms with Gasteiger partial charge in [0.2, 0.25) is 0 Å². The lowest BCUT2D eigenvalue weighted by atomic mass is 10.0. The van der Waals surface area contributed by atoms with Crippen molar-refractivity contribution < 1.29 is 15.0 Å². The molecule has 3 N–H and O–H groups in total. The fourth-order valence-corrected chi connectivity index (χ4v) is 2.43. The van der Waals surface area contributed by atoms with Crippen molar-refractivity contribution >= 4 is 16.7 Å². The first-order valence-electron chi connectivity index (χ1n) is 7.16. The Labute approximate surface area is 124 Å². The molecule has 0 aliphatic rings. The summed E-state index contributed by atoms with van der Waals surface area (Å²) in [7, 11) is 0. The Balaban J connectivity index is 2.18. The summed E-state index contributed by atoms with van der Waals surface area (Å²) in [6.45, 7) is 3.83. The van der Waals surface area contributed by atoms with E-state index in [0.29, 0.717) is 11.8 Å². The molecule has 0 bridgehead atoms. The smallest absolute Gasteiger partial charge is 0.255 e. The highest BCUT2D eigenvalue weighted by Gasteiger charge is 2.21. The number of hydrogen-bond donors (Lipinski definition) is 3. The predicted molar refractivity (Wildman–Crippen MR) is 83.5 cm³/mol. The van der Waals surface area contributed by atoms with Crippen molar-refractivity contribution in [1.29, 1.82) is 0 Å². The summed E-state index contributed by atoms with van der Waals surface area (Å²) in [4.78, 5) is 12.2. The molecule has 0 radical (unpaired) electrons. The van der Waals surface area contributed by atoms with Crippen LogP contribution in [0.5, 0.6) is 5.75 Å². The van der Waals surface area contributed by atoms with E-state index in [2.05, 4.69) is 5.32 Å². The zero-order valence-corrected chi connectivity index (χ0v) is 12.4. The fourth-order valence-electron chi connectivity index (χ4n) is 2.43. The molecule has 112 valence electrons. The molecule has 21 heavy (non-hydrogen) atoms. The predicted octanol–water partition coefficient (Wildman–Crippen LogP) is 2.83. The van der Waals surface area contributed by atoms with Crippen LogP contribution in [0.4, 0.5) is 0 Å². The zero-order chi connectivity index (χ0) is 15.5. The highest BCUT2D eigenvalue weighted by Crippen LogP contribution is 2.28. The van der Waals surface area contributed by atoms with Crippen LogP contribution in [0.1, 0.15) is 37.0 Å². The van der Waals surface area contributed by atoms with Crippen molar-refractivity contribution in [1.82, 2.24) is 5.32 Å². The van der Waals surface area contributed by atoms with E-state index in [9.17, 15) is 15.0 Å². The van der Waals surface area contributed by atoms with Crippen molar-refractivity contribution in [3.8, 4) is 5.75 Å². The Bertz CT molecular complexity index is 650. The van der Waals surface area contributed by atoms with E-state index >= 15 is 0 Å². The number of nitrogens with one attached hydrogen (secondary N) is 1. The number of amides is 1. The number of benzene rings is 2. The number of phenolic OH excluding ortho intramolecular Hbond substituents is 1. The van der Waals surface area contributed by atoms with Gasteiger partial charge < -0.3 is 15.5 Å². The van der Waals surface area contributed by atoms with Gasteiger partial charge in [-0.2, -0.15) is 0 Å². The summed E-state index contributed by atoms with van der Waals surface area (Å²) in [5, 5.41) is 24.5. The maximum Gasteiger partial charge on any atom is 0.255 e. The SMILES string of the molecule is CCCC(C)(O)CNC(=O)c1ccc2ccccc2c1O. The molecular weight excluding hydrogens is 266 g/mol. The lowest BCUT2D eigenvalue weighted by Crippen LogP contribution is -2.40. The van der Waals surface area contributed by atoms with Crippen LogP contribution in [0.25, 0.3) is 10.8 Å². The first-order valence-corrected chi connectivity index (χ1v) is 7.16. The molecule has 0 saturated heterocycles. The van der Waals surface area contributed by atoms with Crippen molar-refractivity contribution in [2.24, 2.45) is 0 Å². The van der Waals surface area contributed by atoms with Crippen molar-refractivity contribution in [2.45, 2.75) is 32.3 Å². The van der Waals surface area contributed by atoms with Gasteiger partial charge in [-0.05, 0) is 24.8 Å². The molecule has 2 aromatic rings. The topological polar surface area (TPSA) is 69.6 Å². The molecule has 0 aliphatic carbocycles. The minimum absolute atomic E-state index is 0.0271. The summed E-state index contributed by atoms with van der Waals surface area (Å²) in [5.41, 5.74) is -0.711. The number of aromatic hydroxyl groups is 1. The van der Waals surface area contributed by atoms with Crippen molar-refractivity contribution in [3.63, 3.8) is 0 Å². The molecule has 0 saturated carbocycles. The normalized spacial score (nSPS) is 13.9. The number of carbonyl (C=O) groups is 1. The highest BCUT2D eigenvalue weighted by molar-refractivity contribution is 6.03. The second kappa shape index (κ2) is 6.14. The standard InChI is InChI=1S/C17H21NO3/c1-3-10-17(2,21)11-18-16(20)14-9-8-12-6-4-5-7-13(12)15(14)19/h4-9,19,21H,3,10-11H2,1-2H3,(H,18,20). The molecule has 4 heteroatoms. The molecule has 0 aromatic heterocycles. The molecule has 4 nitrogen and oxygen atoms in total. The van der Waals surface area contributed by atoms with Gasteiger partial charge in [-0.15, -0.1) is 0 Å². The van der Waals surface area contributed by atoms with Gasteiger partial charge in [-0.25, -0.2) is 0 Å². The molecule has 1 amide bonds. The number of hydrogen-bond acceptors (Lipinski definition) is 3. The number of carbonyl (C=O) groups excluding carboxylic acids is 1. The number of fused-ring (bicyclic) bond motifs is 1. The van der Waals surface area contributed by atoms with E-state index in [-0.39, 0.29) is 23.8 Å². The molecule has 2 rings (SSSR count). The van der Waals surface area contributed by atoms with Gasteiger partial charge in [-0.1, -0.05) is 43.7 Å². The second-order valence-corrected chi connectivity index (χ2v) is 5.61. The monoisotopic (exact) mass is 287 g/mol. The van der Waals surface area contributed by atoms with Crippen LogP contribution in [-0.2, 0) is 0 Å². The molecular formula is C17H21NO3. The highest BCUT2D eigenvalue weighted by atomic mass is 16.3. The van der Waals surface area contributed by atoms with Gasteiger partial charge in [0.05, 0.1) is 11.2 Å². The van der Waals surface area contributed by atoms with Gasteiger partial charge >= 0.3 is 0 Å². The summed E-state index contributed by atoms with van der Waals surface area (Å²) in [6.07, 6.45) is 1.45. The fraction of sp³-hybridized carbons (Fsp3) is 0.353. The van der Waals surface area contributed by atoms with Crippen molar-refractivity contribution in [2.75, 3.05) is 6.54 Å². The largest absolute Gasteiger partial charge is 0.506 e. The second-order valence-electron chi connectivity index (χ2n) is 5.61. The van der Waals surface area contributed by atoms with Gasteiger partial charge in [-0.3, -0.25) is 4.79 Å². The Morgan fingerprint density at radius 2 is 1.95 bits per heavy atom. The first kappa shape index (κ1) is 15.3. The zero-order valence-electron chi connectivity index (χ0n) is 12.4. The maximum atomic E-state index is 12.2. The van der Waals surface area contributed by atoms with Crippen LogP contribution in [-0.4, -0.2) is 28.3 Å². The molecule has 2 aromatic carbocycles. The van der Waals surface area contributed by atoms with Gasteiger partial charge in [0.1, 0.15) is 5.75 Å². The van der Waals surface area contributed by atoms with E-state index in [1.807, 2.05) is 25.1 Å². The van der Waals surface area contributed by atoms with E-state index in [0.717, 1.165) is 11.8 Å². The minimum Gasteiger partial charge on any atom is -0.506 e. The Hall–Kier alpha value is -2.07. The van der Waals surface area contributed by atoms with Crippen LogP contribution in [0.15, 0.2) is 36.4 Å². The van der Waals surface area contributed by atoms with Gasteiger partial charge in [0, 0.05) is 11.9 Å². The molecule has 1 unspecified atom stereocenters. The lowest BCUT2D eigenvalue weighted by Gasteiger charge is -2.23. The summed E-state index contributed by atoms with van der Waals surface area (Å²) >= 11 is 0. The van der Waals surface area contributed by atoms with Crippen LogP contribution in [0.3, 0.4) is 0 Å². The molecule has 0 heterocycles. The van der Waals surface area contributed by atoms with Crippen LogP contribution in [0.2, 0.25) is 0 Å². The van der Waals surface area contributed by atoms with Gasteiger partial charge in [0.25, 0.3) is 5.91 Å². The summed E-state index contributed by atoms with van der Waals surface area (Å²) in [5.74, 6) is -0.407. The summed E-state index contributed by atoms with van der Waals surface area (Å²) in [6, 6.07) is 10.7. The summed E-state index contributed by atoms with van der Waals surface area (Å²) < 4.78 is 0. The van der Waals surface area contributed by atoms with Crippen LogP contribution >= 0.6 is 0 Å². The third-order valence-electron chi connectivity index (χ3n) is 3.56. The Morgan fingerprint density at radius 3 is 2.67 bits per heavy atom. The number of phenols is 1. The third kappa shape index (κ3) is 3.52. The van der Waals surface area contributed by atoms with Gasteiger partial charge in [0.15, 0.2) is 0 Å². The molecule has 0 aliphatic heterocycles. The van der Waals surface area contributed by atoms with Crippen LogP contribution < -0.4 is 5.32 Å². The Kier molecular flexibility index (Phi) is 4.48. The van der Waals surface area contributed by atoms with E-state index in [1.165, 1.54) is 0 Å². The maximum absolute atomic E-state index is 12.2. The molecule has 0 spiro atoms. The average Bonchev–Trinajstić information content (AvgIpc) is 2.45. The number of aliphatic hydroxyl groups is 1. The number of rotatable bonds is 5. The quantitative estimate of drug-likeness (QED) is 0.792. The molecule has 1 atom stereocenters. The minimum atomic E-state index is -0.934. The van der Waals surface area contributed by atoms with Crippen LogP contribution in [0, 0.1) is 0 Å². The lowest BCUT2D eigenvalue weighted by molar-refractivity contribution is 0.0469. The van der Waals surface area contributed by atoms with Crippen molar-refractivity contribution in [3.05, 3.63) is 42.0 Å². The third-order valence-corrected chi connectivity index (χ3v) is 3.56. The van der Waals surface area contributed by atoms with E-state index in [4.69, 9.17) is 0 Å². The first-order chi connectivity index (χ1) is 9.94. The van der Waals surface area contributed by atoms with E-state index in [1.54, 1.807) is 25.1 Å². The molecule has 0 fully saturated rings.